The zero-order valence-corrected chi connectivity index (χ0v) is 8.29. The Hall–Kier alpha value is -1.08. The Morgan fingerprint density at radius 1 is 1.25 bits per heavy atom. The van der Waals surface area contributed by atoms with Crippen LogP contribution in [0.15, 0.2) is 18.2 Å². The Morgan fingerprint density at radius 3 is 2.25 bits per heavy atom. The first kappa shape index (κ1) is 13.0. The summed E-state index contributed by atoms with van der Waals surface area (Å²) in [6.45, 7) is 0.834. The predicted molar refractivity (Wildman–Crippen MR) is 50.7 cm³/mol. The fraction of sp³-hybridized carbons (Fsp3) is 0.333. The van der Waals surface area contributed by atoms with Gasteiger partial charge in [0.1, 0.15) is 5.82 Å². The van der Waals surface area contributed by atoms with Crippen molar-refractivity contribution in [1.29, 1.82) is 0 Å². The molecular weight excluding hydrogens is 227 g/mol. The summed E-state index contributed by atoms with van der Waals surface area (Å²) in [6.07, 6.45) is -4.56. The summed E-state index contributed by atoms with van der Waals surface area (Å²) in [5.41, 5.74) is -0.811. The van der Waals surface area contributed by atoms with Gasteiger partial charge >= 0.3 is 13.3 Å². The maximum atomic E-state index is 12.8. The van der Waals surface area contributed by atoms with Crippen molar-refractivity contribution in [3.8, 4) is 0 Å². The van der Waals surface area contributed by atoms with Crippen LogP contribution in [0.2, 0.25) is 0 Å². The van der Waals surface area contributed by atoms with Gasteiger partial charge in [-0.2, -0.15) is 13.2 Å². The predicted octanol–water partition coefficient (Wildman–Crippen LogP) is 1.17. The highest BCUT2D eigenvalue weighted by atomic mass is 19.4. The Labute approximate surface area is 89.7 Å². The first-order chi connectivity index (χ1) is 7.23. The second-order valence-corrected chi connectivity index (χ2v) is 3.41. The van der Waals surface area contributed by atoms with Crippen LogP contribution in [0.1, 0.15) is 18.4 Å². The van der Waals surface area contributed by atoms with Gasteiger partial charge in [0.2, 0.25) is 0 Å². The average molecular weight is 236 g/mol. The summed E-state index contributed by atoms with van der Waals surface area (Å²) in [7, 11) is -2.06. The van der Waals surface area contributed by atoms with Crippen LogP contribution in [0.3, 0.4) is 0 Å². The van der Waals surface area contributed by atoms with Gasteiger partial charge in [-0.25, -0.2) is 4.39 Å². The molecule has 1 atom stereocenters. The van der Waals surface area contributed by atoms with Crippen molar-refractivity contribution in [3.05, 3.63) is 29.6 Å². The van der Waals surface area contributed by atoms with Gasteiger partial charge in [-0.15, -0.1) is 0 Å². The average Bonchev–Trinajstić information content (AvgIpc) is 2.14. The summed E-state index contributed by atoms with van der Waals surface area (Å²) >= 11 is 0. The van der Waals surface area contributed by atoms with Gasteiger partial charge in [0.05, 0.1) is 5.92 Å². The van der Waals surface area contributed by atoms with Crippen LogP contribution in [-0.4, -0.2) is 23.3 Å². The van der Waals surface area contributed by atoms with Crippen molar-refractivity contribution >= 4 is 12.6 Å². The minimum Gasteiger partial charge on any atom is -0.423 e. The molecule has 2 nitrogen and oxygen atoms in total. The molecule has 16 heavy (non-hydrogen) atoms. The van der Waals surface area contributed by atoms with Crippen LogP contribution in [0.4, 0.5) is 17.6 Å². The van der Waals surface area contributed by atoms with Crippen LogP contribution < -0.4 is 5.46 Å². The molecule has 0 saturated carbocycles. The molecule has 1 rings (SSSR count). The Bertz CT molecular complexity index is 378. The lowest BCUT2D eigenvalue weighted by atomic mass is 9.74. The molecule has 88 valence electrons. The normalized spacial score (nSPS) is 13.7. The maximum Gasteiger partial charge on any atom is 0.488 e. The van der Waals surface area contributed by atoms with E-state index in [9.17, 15) is 17.6 Å². The third-order valence-electron chi connectivity index (χ3n) is 2.28. The Balaban J connectivity index is 3.25. The van der Waals surface area contributed by atoms with E-state index in [2.05, 4.69) is 0 Å². The van der Waals surface area contributed by atoms with E-state index in [1.54, 1.807) is 0 Å². The molecule has 0 saturated heterocycles. The van der Waals surface area contributed by atoms with E-state index in [0.29, 0.717) is 6.07 Å². The molecule has 0 heterocycles. The van der Waals surface area contributed by atoms with Crippen LogP contribution >= 0.6 is 0 Å². The highest BCUT2D eigenvalue weighted by molar-refractivity contribution is 6.59. The Kier molecular flexibility index (Phi) is 3.59. The summed E-state index contributed by atoms with van der Waals surface area (Å²) < 4.78 is 50.1. The van der Waals surface area contributed by atoms with Crippen molar-refractivity contribution in [3.63, 3.8) is 0 Å². The van der Waals surface area contributed by atoms with Gasteiger partial charge in [-0.3, -0.25) is 0 Å². The minimum absolute atomic E-state index is 0.341. The number of halogens is 4. The third-order valence-corrected chi connectivity index (χ3v) is 2.28. The molecule has 2 N–H and O–H groups in total. The summed E-state index contributed by atoms with van der Waals surface area (Å²) in [6, 6.07) is 2.46. The highest BCUT2D eigenvalue weighted by Crippen LogP contribution is 2.33. The molecule has 0 amide bonds. The first-order valence-corrected chi connectivity index (χ1v) is 4.45. The minimum atomic E-state index is -4.56. The molecule has 0 radical (unpaired) electrons. The molecule has 0 bridgehead atoms. The molecule has 0 aliphatic carbocycles. The van der Waals surface area contributed by atoms with Crippen LogP contribution in [0.5, 0.6) is 0 Å². The van der Waals surface area contributed by atoms with Gasteiger partial charge in [-0.1, -0.05) is 6.07 Å². The largest absolute Gasteiger partial charge is 0.488 e. The number of alkyl halides is 3. The molecular formula is C9H9BF4O2. The topological polar surface area (TPSA) is 40.5 Å². The Morgan fingerprint density at radius 2 is 1.81 bits per heavy atom. The molecule has 1 aromatic rings. The van der Waals surface area contributed by atoms with E-state index in [0.717, 1.165) is 19.1 Å². The van der Waals surface area contributed by atoms with E-state index in [4.69, 9.17) is 10.0 Å². The first-order valence-electron chi connectivity index (χ1n) is 4.45. The molecule has 7 heteroatoms. The fourth-order valence-electron chi connectivity index (χ4n) is 1.33. The van der Waals surface area contributed by atoms with E-state index in [1.807, 2.05) is 0 Å². The summed E-state index contributed by atoms with van der Waals surface area (Å²) in [4.78, 5) is 0. The zero-order chi connectivity index (χ0) is 12.5. The highest BCUT2D eigenvalue weighted by Gasteiger charge is 2.39. The number of benzene rings is 1. The lowest BCUT2D eigenvalue weighted by Crippen LogP contribution is -2.36. The number of hydrogen-bond acceptors (Lipinski definition) is 2. The lowest BCUT2D eigenvalue weighted by molar-refractivity contribution is -0.146. The maximum absolute atomic E-state index is 12.8. The molecule has 0 aliphatic rings. The molecule has 0 spiro atoms. The zero-order valence-electron chi connectivity index (χ0n) is 8.29. The van der Waals surface area contributed by atoms with E-state index in [-0.39, 0.29) is 5.46 Å². The van der Waals surface area contributed by atoms with Crippen molar-refractivity contribution in [2.45, 2.75) is 19.0 Å². The van der Waals surface area contributed by atoms with Gasteiger partial charge in [0, 0.05) is 0 Å². The summed E-state index contributed by atoms with van der Waals surface area (Å²) in [5.74, 6) is -2.81. The smallest absolute Gasteiger partial charge is 0.423 e. The van der Waals surface area contributed by atoms with E-state index < -0.39 is 30.6 Å². The van der Waals surface area contributed by atoms with Crippen LogP contribution in [0, 0.1) is 5.82 Å². The molecule has 1 aromatic carbocycles. The van der Waals surface area contributed by atoms with E-state index in [1.165, 1.54) is 0 Å². The molecule has 0 fully saturated rings. The summed E-state index contributed by atoms with van der Waals surface area (Å²) in [5, 5.41) is 17.8. The van der Waals surface area contributed by atoms with Crippen LogP contribution in [-0.2, 0) is 0 Å². The van der Waals surface area contributed by atoms with Crippen LogP contribution in [0.25, 0.3) is 0 Å². The van der Waals surface area contributed by atoms with Crippen molar-refractivity contribution in [2.24, 2.45) is 0 Å². The van der Waals surface area contributed by atoms with Crippen molar-refractivity contribution < 1.29 is 27.6 Å². The van der Waals surface area contributed by atoms with Gasteiger partial charge < -0.3 is 10.0 Å². The molecule has 0 aromatic heterocycles. The fourth-order valence-corrected chi connectivity index (χ4v) is 1.33. The second kappa shape index (κ2) is 4.43. The molecule has 1 unspecified atom stereocenters. The standard InChI is InChI=1S/C9H9BF4O2/c1-5(9(12,13)14)7-4-6(11)2-3-8(7)10(15)16/h2-5,15-16H,1H3. The monoisotopic (exact) mass is 236 g/mol. The second-order valence-electron chi connectivity index (χ2n) is 3.41. The lowest BCUT2D eigenvalue weighted by Gasteiger charge is -2.19. The quantitative estimate of drug-likeness (QED) is 0.597. The SMILES string of the molecule is CC(c1cc(F)ccc1B(O)O)C(F)(F)F. The third kappa shape index (κ3) is 2.73. The van der Waals surface area contributed by atoms with E-state index >= 15 is 0 Å². The van der Waals surface area contributed by atoms with Crippen molar-refractivity contribution in [1.82, 2.24) is 0 Å². The van der Waals surface area contributed by atoms with Crippen molar-refractivity contribution in [2.75, 3.05) is 0 Å². The number of rotatable bonds is 2. The van der Waals surface area contributed by atoms with Gasteiger partial charge in [0.15, 0.2) is 0 Å². The number of hydrogen-bond donors (Lipinski definition) is 2. The van der Waals surface area contributed by atoms with Gasteiger partial charge in [0.25, 0.3) is 0 Å². The van der Waals surface area contributed by atoms with Gasteiger partial charge in [-0.05, 0) is 30.1 Å². The molecule has 0 aliphatic heterocycles.